The summed E-state index contributed by atoms with van der Waals surface area (Å²) in [5.41, 5.74) is -0.571. The molecule has 1 aromatic rings. The van der Waals surface area contributed by atoms with Gasteiger partial charge in [0.15, 0.2) is 5.69 Å². The van der Waals surface area contributed by atoms with E-state index in [9.17, 15) is 9.90 Å². The lowest BCUT2D eigenvalue weighted by atomic mass is 9.71. The molecule has 0 amide bonds. The van der Waals surface area contributed by atoms with Crippen molar-refractivity contribution in [1.29, 1.82) is 0 Å². The average Bonchev–Trinajstić information content (AvgIpc) is 2.41. The Morgan fingerprint density at radius 2 is 1.95 bits per heavy atom. The maximum atomic E-state index is 10.8. The molecule has 0 atom stereocenters. The Labute approximate surface area is 118 Å². The van der Waals surface area contributed by atoms with E-state index in [1.807, 2.05) is 0 Å². The number of aliphatic hydroxyl groups is 1. The van der Waals surface area contributed by atoms with Crippen molar-refractivity contribution in [3.63, 3.8) is 0 Å². The molecule has 3 N–H and O–H groups in total. The van der Waals surface area contributed by atoms with Crippen molar-refractivity contribution in [1.82, 2.24) is 9.97 Å². The number of anilines is 1. The minimum atomic E-state index is -1.11. The molecule has 0 radical (unpaired) electrons. The summed E-state index contributed by atoms with van der Waals surface area (Å²) >= 11 is 0. The Balaban J connectivity index is 1.95. The fraction of sp³-hybridized carbons (Fsp3) is 0.643. The fourth-order valence-electron chi connectivity index (χ4n) is 2.38. The molecule has 110 valence electrons. The van der Waals surface area contributed by atoms with Gasteiger partial charge in [-0.2, -0.15) is 0 Å². The first-order valence-corrected chi connectivity index (χ1v) is 6.81. The quantitative estimate of drug-likeness (QED) is 0.779. The molecule has 1 saturated carbocycles. The molecule has 6 nitrogen and oxygen atoms in total. The predicted octanol–water partition coefficient (Wildman–Crippen LogP) is 1.92. The molecule has 1 fully saturated rings. The molecule has 0 aromatic carbocycles. The summed E-state index contributed by atoms with van der Waals surface area (Å²) in [5, 5.41) is 22.4. The van der Waals surface area contributed by atoms with Crippen LogP contribution >= 0.6 is 0 Å². The number of aromatic carboxylic acids is 1. The van der Waals surface area contributed by atoms with E-state index in [0.717, 1.165) is 25.7 Å². The van der Waals surface area contributed by atoms with E-state index in [0.29, 0.717) is 12.4 Å². The van der Waals surface area contributed by atoms with E-state index in [4.69, 9.17) is 5.11 Å². The molecule has 20 heavy (non-hydrogen) atoms. The minimum Gasteiger partial charge on any atom is -0.476 e. The Kier molecular flexibility index (Phi) is 3.94. The Morgan fingerprint density at radius 1 is 1.30 bits per heavy atom. The van der Waals surface area contributed by atoms with E-state index in [1.54, 1.807) is 0 Å². The van der Waals surface area contributed by atoms with E-state index in [-0.39, 0.29) is 11.1 Å². The standard InChI is InChI=1S/C14H21N3O3/c1-13(2)3-5-14(20,6-4-13)9-16-11-8-15-7-10(17-11)12(18)19/h7-8,20H,3-6,9H2,1-2H3,(H,16,17)(H,18,19). The molecule has 2 rings (SSSR count). The number of carboxylic acids is 1. The SMILES string of the molecule is CC1(C)CCC(O)(CNc2cncc(C(=O)O)n2)CC1. The lowest BCUT2D eigenvalue weighted by Crippen LogP contribution is -2.42. The van der Waals surface area contributed by atoms with Gasteiger partial charge in [-0.15, -0.1) is 0 Å². The maximum Gasteiger partial charge on any atom is 0.356 e. The van der Waals surface area contributed by atoms with Gasteiger partial charge in [-0.05, 0) is 31.1 Å². The first-order valence-electron chi connectivity index (χ1n) is 6.81. The van der Waals surface area contributed by atoms with Crippen molar-refractivity contribution in [3.8, 4) is 0 Å². The zero-order valence-electron chi connectivity index (χ0n) is 11.9. The van der Waals surface area contributed by atoms with Crippen molar-refractivity contribution >= 4 is 11.8 Å². The highest BCUT2D eigenvalue weighted by Crippen LogP contribution is 2.40. The highest BCUT2D eigenvalue weighted by atomic mass is 16.4. The second-order valence-electron chi connectivity index (χ2n) is 6.34. The molecule has 0 saturated heterocycles. The molecule has 1 aliphatic carbocycles. The monoisotopic (exact) mass is 279 g/mol. The third kappa shape index (κ3) is 3.66. The van der Waals surface area contributed by atoms with E-state index in [2.05, 4.69) is 29.1 Å². The summed E-state index contributed by atoms with van der Waals surface area (Å²) in [5.74, 6) is -0.734. The molecule has 0 unspecified atom stereocenters. The highest BCUT2D eigenvalue weighted by Gasteiger charge is 2.36. The zero-order chi connectivity index (χ0) is 14.8. The van der Waals surface area contributed by atoms with Crippen molar-refractivity contribution in [2.45, 2.75) is 45.1 Å². The van der Waals surface area contributed by atoms with Crippen LogP contribution in [0.2, 0.25) is 0 Å². The smallest absolute Gasteiger partial charge is 0.356 e. The number of nitrogens with one attached hydrogen (secondary N) is 1. The lowest BCUT2D eigenvalue weighted by Gasteiger charge is -2.40. The van der Waals surface area contributed by atoms with Crippen LogP contribution in [0.3, 0.4) is 0 Å². The summed E-state index contributed by atoms with van der Waals surface area (Å²) in [6.07, 6.45) is 6.09. The zero-order valence-corrected chi connectivity index (χ0v) is 11.9. The summed E-state index contributed by atoms with van der Waals surface area (Å²) in [4.78, 5) is 18.6. The summed E-state index contributed by atoms with van der Waals surface area (Å²) in [6.45, 7) is 4.78. The second kappa shape index (κ2) is 5.36. The Hall–Kier alpha value is -1.69. The highest BCUT2D eigenvalue weighted by molar-refractivity contribution is 5.85. The van der Waals surface area contributed by atoms with Crippen LogP contribution in [0.5, 0.6) is 0 Å². The van der Waals surface area contributed by atoms with Crippen LogP contribution in [-0.4, -0.2) is 38.3 Å². The van der Waals surface area contributed by atoms with Gasteiger partial charge < -0.3 is 15.5 Å². The summed E-state index contributed by atoms with van der Waals surface area (Å²) in [7, 11) is 0. The molecule has 1 aromatic heterocycles. The van der Waals surface area contributed by atoms with Crippen molar-refractivity contribution in [2.24, 2.45) is 5.41 Å². The molecular formula is C14H21N3O3. The summed E-state index contributed by atoms with van der Waals surface area (Å²) < 4.78 is 0. The fourth-order valence-corrected chi connectivity index (χ4v) is 2.38. The molecule has 6 heteroatoms. The maximum absolute atomic E-state index is 10.8. The van der Waals surface area contributed by atoms with Gasteiger partial charge in [-0.1, -0.05) is 13.8 Å². The normalized spacial score (nSPS) is 20.4. The first kappa shape index (κ1) is 14.7. The van der Waals surface area contributed by atoms with Crippen molar-refractivity contribution in [2.75, 3.05) is 11.9 Å². The molecule has 0 aliphatic heterocycles. The Morgan fingerprint density at radius 3 is 2.55 bits per heavy atom. The van der Waals surface area contributed by atoms with Gasteiger partial charge in [-0.25, -0.2) is 9.78 Å². The van der Waals surface area contributed by atoms with Gasteiger partial charge in [0.1, 0.15) is 5.82 Å². The predicted molar refractivity (Wildman–Crippen MR) is 74.7 cm³/mol. The number of carbonyl (C=O) groups is 1. The molecule has 1 aliphatic rings. The van der Waals surface area contributed by atoms with Gasteiger partial charge in [-0.3, -0.25) is 4.98 Å². The lowest BCUT2D eigenvalue weighted by molar-refractivity contribution is -0.0145. The van der Waals surface area contributed by atoms with Gasteiger partial charge in [0.2, 0.25) is 0 Å². The van der Waals surface area contributed by atoms with E-state index in [1.165, 1.54) is 12.4 Å². The third-order valence-electron chi connectivity index (χ3n) is 3.99. The molecular weight excluding hydrogens is 258 g/mol. The number of aromatic nitrogens is 2. The summed E-state index contributed by atoms with van der Waals surface area (Å²) in [6, 6.07) is 0. The van der Waals surface area contributed by atoms with Crippen molar-refractivity contribution in [3.05, 3.63) is 18.1 Å². The number of carboxylic acid groups (broad SMARTS) is 1. The first-order chi connectivity index (χ1) is 9.30. The van der Waals surface area contributed by atoms with Gasteiger partial charge in [0.25, 0.3) is 0 Å². The van der Waals surface area contributed by atoms with Crippen LogP contribution in [0.25, 0.3) is 0 Å². The number of hydrogen-bond donors (Lipinski definition) is 3. The number of hydrogen-bond acceptors (Lipinski definition) is 5. The van der Waals surface area contributed by atoms with E-state index < -0.39 is 11.6 Å². The van der Waals surface area contributed by atoms with Gasteiger partial charge >= 0.3 is 5.97 Å². The average molecular weight is 279 g/mol. The van der Waals surface area contributed by atoms with E-state index >= 15 is 0 Å². The molecule has 0 spiro atoms. The minimum absolute atomic E-state index is 0.105. The number of nitrogens with zero attached hydrogens (tertiary/aromatic N) is 2. The second-order valence-corrected chi connectivity index (χ2v) is 6.34. The number of rotatable bonds is 4. The van der Waals surface area contributed by atoms with Gasteiger partial charge in [0, 0.05) is 6.54 Å². The topological polar surface area (TPSA) is 95.3 Å². The molecule has 0 bridgehead atoms. The van der Waals surface area contributed by atoms with Crippen LogP contribution < -0.4 is 5.32 Å². The van der Waals surface area contributed by atoms with Crippen LogP contribution in [-0.2, 0) is 0 Å². The molecule has 1 heterocycles. The van der Waals surface area contributed by atoms with Gasteiger partial charge in [0.05, 0.1) is 18.0 Å². The van der Waals surface area contributed by atoms with Crippen LogP contribution in [0, 0.1) is 5.41 Å². The Bertz CT molecular complexity index is 492. The van der Waals surface area contributed by atoms with Crippen LogP contribution in [0.4, 0.5) is 5.82 Å². The van der Waals surface area contributed by atoms with Crippen LogP contribution in [0.15, 0.2) is 12.4 Å². The largest absolute Gasteiger partial charge is 0.476 e. The third-order valence-corrected chi connectivity index (χ3v) is 3.99. The van der Waals surface area contributed by atoms with Crippen LogP contribution in [0.1, 0.15) is 50.0 Å². The van der Waals surface area contributed by atoms with Crippen molar-refractivity contribution < 1.29 is 15.0 Å².